The summed E-state index contributed by atoms with van der Waals surface area (Å²) >= 11 is 3.29. The van der Waals surface area contributed by atoms with Crippen molar-refractivity contribution in [1.29, 1.82) is 0 Å². The molecule has 2 heterocycles. The number of rotatable bonds is 7. The molecule has 1 aliphatic heterocycles. The van der Waals surface area contributed by atoms with Crippen molar-refractivity contribution < 1.29 is 9.53 Å². The van der Waals surface area contributed by atoms with Gasteiger partial charge in [-0.3, -0.25) is 14.6 Å². The van der Waals surface area contributed by atoms with Gasteiger partial charge in [0, 0.05) is 36.6 Å². The van der Waals surface area contributed by atoms with E-state index >= 15 is 0 Å². The molecule has 1 aliphatic rings. The Labute approximate surface area is 220 Å². The van der Waals surface area contributed by atoms with Gasteiger partial charge in [0.2, 0.25) is 0 Å². The fourth-order valence-electron chi connectivity index (χ4n) is 4.08. The van der Waals surface area contributed by atoms with Crippen molar-refractivity contribution in [1.82, 2.24) is 9.88 Å². The number of hydrogen-bond acceptors (Lipinski definition) is 6. The third-order valence-corrected chi connectivity index (χ3v) is 7.81. The Balaban J connectivity index is 0.00000289. The number of ether oxygens (including phenoxy) is 1. The van der Waals surface area contributed by atoms with E-state index in [0.29, 0.717) is 12.1 Å². The zero-order valence-corrected chi connectivity index (χ0v) is 22.0. The first kappa shape index (κ1) is 25.7. The number of benzene rings is 3. The maximum Gasteiger partial charge on any atom is 0.260 e. The molecule has 1 saturated heterocycles. The quantitative estimate of drug-likeness (QED) is 0.273. The maximum absolute atomic E-state index is 13.7. The normalized spacial score (nSPS) is 14.0. The van der Waals surface area contributed by atoms with Gasteiger partial charge in [0.25, 0.3) is 5.91 Å². The summed E-state index contributed by atoms with van der Waals surface area (Å²) in [5.74, 6) is -0.0167. The number of hydrogen-bond donors (Lipinski definition) is 0. The van der Waals surface area contributed by atoms with Crippen LogP contribution in [-0.4, -0.2) is 61.4 Å². The first-order valence-corrected chi connectivity index (χ1v) is 13.5. The number of aromatic nitrogens is 1. The predicted molar refractivity (Wildman–Crippen MR) is 149 cm³/mol. The Bertz CT molecular complexity index is 1260. The molecular formula is C27H28ClN3O2S2. The highest BCUT2D eigenvalue weighted by Crippen LogP contribution is 2.32. The van der Waals surface area contributed by atoms with E-state index in [4.69, 9.17) is 9.72 Å². The van der Waals surface area contributed by atoms with Gasteiger partial charge in [0.1, 0.15) is 0 Å². The number of thiazole rings is 1. The summed E-state index contributed by atoms with van der Waals surface area (Å²) in [5.41, 5.74) is 3.84. The Kier molecular flexibility index (Phi) is 8.81. The molecule has 4 aromatic rings. The number of carbonyl (C=O) groups is 1. The lowest BCUT2D eigenvalue weighted by Gasteiger charge is -2.29. The molecule has 1 fully saturated rings. The summed E-state index contributed by atoms with van der Waals surface area (Å²) in [6.07, 6.45) is 2.07. The number of thioether (sulfide) groups is 1. The third-order valence-electron chi connectivity index (χ3n) is 6.04. The first-order valence-electron chi connectivity index (χ1n) is 11.4. The molecule has 0 spiro atoms. The zero-order valence-electron chi connectivity index (χ0n) is 19.6. The molecule has 5 nitrogen and oxygen atoms in total. The van der Waals surface area contributed by atoms with Crippen molar-refractivity contribution in [2.24, 2.45) is 0 Å². The van der Waals surface area contributed by atoms with Crippen molar-refractivity contribution in [2.45, 2.75) is 4.90 Å². The van der Waals surface area contributed by atoms with Crippen molar-refractivity contribution in [3.8, 4) is 11.1 Å². The smallest absolute Gasteiger partial charge is 0.260 e. The van der Waals surface area contributed by atoms with Gasteiger partial charge in [-0.25, -0.2) is 4.98 Å². The standard InChI is InChI=1S/C27H27N3O2S2.ClH/c1-33-23-11-12-24-25(19-23)34-27(28-24)30(14-13-29-15-17-32-18-16-29)26(31)22-9-7-21(8-10-22)20-5-3-2-4-6-20;/h2-12,19H,13-18H2,1H3;1H. The van der Waals surface area contributed by atoms with Gasteiger partial charge in [0.05, 0.1) is 23.4 Å². The highest BCUT2D eigenvalue weighted by atomic mass is 35.5. The van der Waals surface area contributed by atoms with Crippen LogP contribution in [0, 0.1) is 0 Å². The van der Waals surface area contributed by atoms with Gasteiger partial charge < -0.3 is 4.74 Å². The highest BCUT2D eigenvalue weighted by molar-refractivity contribution is 7.98. The topological polar surface area (TPSA) is 45.7 Å². The van der Waals surface area contributed by atoms with E-state index in [2.05, 4.69) is 35.4 Å². The lowest BCUT2D eigenvalue weighted by Crippen LogP contribution is -2.43. The SMILES string of the molecule is CSc1ccc2nc(N(CCN3CCOCC3)C(=O)c3ccc(-c4ccccc4)cc3)sc2c1.Cl. The van der Waals surface area contributed by atoms with Gasteiger partial charge in [-0.2, -0.15) is 0 Å². The fraction of sp³-hybridized carbons (Fsp3) is 0.259. The number of anilines is 1. The summed E-state index contributed by atoms with van der Waals surface area (Å²) < 4.78 is 6.59. The fourth-order valence-corrected chi connectivity index (χ4v) is 5.62. The minimum atomic E-state index is -0.0167. The van der Waals surface area contributed by atoms with Gasteiger partial charge in [-0.15, -0.1) is 24.2 Å². The molecule has 5 rings (SSSR count). The third kappa shape index (κ3) is 6.05. The van der Waals surface area contributed by atoms with E-state index in [1.807, 2.05) is 53.4 Å². The molecule has 0 bridgehead atoms. The molecule has 3 aromatic carbocycles. The molecule has 0 N–H and O–H groups in total. The van der Waals surface area contributed by atoms with Crippen LogP contribution in [0.25, 0.3) is 21.3 Å². The van der Waals surface area contributed by atoms with E-state index < -0.39 is 0 Å². The van der Waals surface area contributed by atoms with E-state index in [1.54, 1.807) is 23.1 Å². The lowest BCUT2D eigenvalue weighted by atomic mass is 10.0. The molecule has 1 amide bonds. The molecule has 0 aliphatic carbocycles. The molecule has 182 valence electrons. The van der Waals surface area contributed by atoms with E-state index in [1.165, 1.54) is 4.90 Å². The molecule has 1 aromatic heterocycles. The molecule has 0 unspecified atom stereocenters. The second kappa shape index (κ2) is 12.0. The Morgan fingerprint density at radius 2 is 1.74 bits per heavy atom. The zero-order chi connectivity index (χ0) is 23.3. The average molecular weight is 526 g/mol. The second-order valence-corrected chi connectivity index (χ2v) is 10.1. The van der Waals surface area contributed by atoms with Gasteiger partial charge >= 0.3 is 0 Å². The van der Waals surface area contributed by atoms with Crippen LogP contribution in [0.1, 0.15) is 10.4 Å². The summed E-state index contributed by atoms with van der Waals surface area (Å²) in [4.78, 5) is 23.9. The monoisotopic (exact) mass is 525 g/mol. The van der Waals surface area contributed by atoms with Crippen LogP contribution in [-0.2, 0) is 4.74 Å². The van der Waals surface area contributed by atoms with Gasteiger partial charge in [0.15, 0.2) is 5.13 Å². The van der Waals surface area contributed by atoms with Crippen LogP contribution in [0.5, 0.6) is 0 Å². The predicted octanol–water partition coefficient (Wildman–Crippen LogP) is 6.09. The Morgan fingerprint density at radius 1 is 1.03 bits per heavy atom. The van der Waals surface area contributed by atoms with Crippen LogP contribution in [0.4, 0.5) is 5.13 Å². The number of fused-ring (bicyclic) bond motifs is 1. The minimum Gasteiger partial charge on any atom is -0.379 e. The van der Waals surface area contributed by atoms with Gasteiger partial charge in [-0.1, -0.05) is 53.8 Å². The number of nitrogens with zero attached hydrogens (tertiary/aromatic N) is 3. The van der Waals surface area contributed by atoms with E-state index in [9.17, 15) is 4.79 Å². The number of morpholine rings is 1. The summed E-state index contributed by atoms with van der Waals surface area (Å²) in [5, 5.41) is 0.749. The minimum absolute atomic E-state index is 0. The van der Waals surface area contributed by atoms with Crippen LogP contribution in [0.3, 0.4) is 0 Å². The van der Waals surface area contributed by atoms with Crippen LogP contribution in [0.2, 0.25) is 0 Å². The van der Waals surface area contributed by atoms with Crippen molar-refractivity contribution in [3.63, 3.8) is 0 Å². The highest BCUT2D eigenvalue weighted by Gasteiger charge is 2.23. The lowest BCUT2D eigenvalue weighted by molar-refractivity contribution is 0.0391. The number of amides is 1. The molecule has 0 atom stereocenters. The van der Waals surface area contributed by atoms with Crippen molar-refractivity contribution >= 4 is 56.8 Å². The van der Waals surface area contributed by atoms with Crippen molar-refractivity contribution in [3.05, 3.63) is 78.4 Å². The Hall–Kier alpha value is -2.42. The van der Waals surface area contributed by atoms with Crippen molar-refractivity contribution in [2.75, 3.05) is 50.5 Å². The van der Waals surface area contributed by atoms with E-state index in [0.717, 1.165) is 59.3 Å². The second-order valence-electron chi connectivity index (χ2n) is 8.18. The maximum atomic E-state index is 13.7. The largest absolute Gasteiger partial charge is 0.379 e. The number of halogens is 1. The summed E-state index contributed by atoms with van der Waals surface area (Å²) in [7, 11) is 0. The van der Waals surface area contributed by atoms with Crippen LogP contribution in [0.15, 0.2) is 77.7 Å². The molecule has 35 heavy (non-hydrogen) atoms. The molecule has 0 radical (unpaired) electrons. The number of carbonyl (C=O) groups excluding carboxylic acids is 1. The Morgan fingerprint density at radius 3 is 2.46 bits per heavy atom. The average Bonchev–Trinajstić information content (AvgIpc) is 3.33. The molecule has 8 heteroatoms. The van der Waals surface area contributed by atoms with Crippen LogP contribution < -0.4 is 4.90 Å². The van der Waals surface area contributed by atoms with Gasteiger partial charge in [-0.05, 0) is 47.7 Å². The van der Waals surface area contributed by atoms with Crippen LogP contribution >= 0.6 is 35.5 Å². The first-order chi connectivity index (χ1) is 16.7. The molecule has 0 saturated carbocycles. The summed E-state index contributed by atoms with van der Waals surface area (Å²) in [6, 6.07) is 24.4. The summed E-state index contributed by atoms with van der Waals surface area (Å²) in [6.45, 7) is 4.66. The molecular weight excluding hydrogens is 498 g/mol. The van der Waals surface area contributed by atoms with E-state index in [-0.39, 0.29) is 18.3 Å².